The molecule has 188 valence electrons. The quantitative estimate of drug-likeness (QED) is 0.529. The number of aliphatic hydroxyl groups is 1. The van der Waals surface area contributed by atoms with Crippen LogP contribution in [0.2, 0.25) is 0 Å². The Hall–Kier alpha value is -3.04. The van der Waals surface area contributed by atoms with Crippen LogP contribution in [-0.2, 0) is 17.8 Å². The highest BCUT2D eigenvalue weighted by molar-refractivity contribution is 5.92. The first-order valence-electron chi connectivity index (χ1n) is 12.5. The Labute approximate surface area is 206 Å². The van der Waals surface area contributed by atoms with Crippen molar-refractivity contribution in [2.24, 2.45) is 0 Å². The Kier molecular flexibility index (Phi) is 8.30. The van der Waals surface area contributed by atoms with Gasteiger partial charge in [0.1, 0.15) is 17.8 Å². The fraction of sp³-hybridized carbons (Fsp3) is 0.538. The van der Waals surface area contributed by atoms with Crippen molar-refractivity contribution in [1.82, 2.24) is 25.1 Å². The Morgan fingerprint density at radius 1 is 1.17 bits per heavy atom. The van der Waals surface area contributed by atoms with Gasteiger partial charge in [-0.05, 0) is 43.2 Å². The molecule has 1 aliphatic heterocycles. The number of carbonyl (C=O) groups is 2. The van der Waals surface area contributed by atoms with Crippen molar-refractivity contribution in [2.45, 2.75) is 63.8 Å². The molecule has 1 aromatic carbocycles. The molecule has 2 aliphatic rings. The van der Waals surface area contributed by atoms with Crippen LogP contribution in [0.1, 0.15) is 54.2 Å². The molecule has 0 saturated heterocycles. The summed E-state index contributed by atoms with van der Waals surface area (Å²) in [5.74, 6) is 0.380. The molecule has 35 heavy (non-hydrogen) atoms. The van der Waals surface area contributed by atoms with Crippen LogP contribution < -0.4 is 10.6 Å². The Bertz CT molecular complexity index is 1020. The number of aromatic nitrogens is 2. The third kappa shape index (κ3) is 6.76. The minimum atomic E-state index is -0.660. The molecule has 2 amide bonds. The predicted octanol–water partition coefficient (Wildman–Crippen LogP) is 1.83. The number of hydrogen-bond acceptors (Lipinski definition) is 7. The zero-order chi connectivity index (χ0) is 24.8. The number of benzene rings is 1. The van der Waals surface area contributed by atoms with Gasteiger partial charge in [-0.15, -0.1) is 0 Å². The molecule has 3 N–H and O–H groups in total. The number of carbonyl (C=O) groups excluding carboxylic acids is 2. The zero-order valence-corrected chi connectivity index (χ0v) is 20.6. The van der Waals surface area contributed by atoms with Crippen LogP contribution in [0.3, 0.4) is 0 Å². The lowest BCUT2D eigenvalue weighted by Gasteiger charge is -2.34. The van der Waals surface area contributed by atoms with E-state index in [1.54, 1.807) is 13.0 Å². The third-order valence-electron chi connectivity index (χ3n) is 7.17. The Balaban J connectivity index is 1.22. The molecule has 0 radical (unpaired) electrons. The van der Waals surface area contributed by atoms with Crippen LogP contribution in [0.4, 0.5) is 5.82 Å². The SMILES string of the molecule is CC(=O)N(C)C1CCC(Nc2cc(C(=O)NCC(O)CN3CCc4ccccc4C3)ncn2)CC1. The summed E-state index contributed by atoms with van der Waals surface area (Å²) < 4.78 is 0. The van der Waals surface area contributed by atoms with Gasteiger partial charge in [-0.1, -0.05) is 24.3 Å². The van der Waals surface area contributed by atoms with Gasteiger partial charge in [-0.2, -0.15) is 0 Å². The summed E-state index contributed by atoms with van der Waals surface area (Å²) >= 11 is 0. The van der Waals surface area contributed by atoms with E-state index in [-0.39, 0.29) is 36.1 Å². The summed E-state index contributed by atoms with van der Waals surface area (Å²) in [5, 5.41) is 16.7. The third-order valence-corrected chi connectivity index (χ3v) is 7.17. The standard InChI is InChI=1S/C26H36N6O3/c1-18(33)31(2)22-9-7-21(8-10-22)30-25-13-24(28-17-29-25)26(35)27-14-23(34)16-32-12-11-19-5-3-4-6-20(19)15-32/h3-6,13,17,21-23,34H,7-12,14-16H2,1-2H3,(H,27,35)(H,28,29,30). The molecule has 1 saturated carbocycles. The van der Waals surface area contributed by atoms with Gasteiger partial charge < -0.3 is 20.6 Å². The van der Waals surface area contributed by atoms with Gasteiger partial charge in [0, 0.05) is 58.3 Å². The minimum Gasteiger partial charge on any atom is -0.390 e. The molecule has 2 heterocycles. The molecular weight excluding hydrogens is 444 g/mol. The van der Waals surface area contributed by atoms with Gasteiger partial charge in [0.2, 0.25) is 5.91 Å². The van der Waals surface area contributed by atoms with E-state index in [0.29, 0.717) is 12.4 Å². The Morgan fingerprint density at radius 2 is 1.91 bits per heavy atom. The highest BCUT2D eigenvalue weighted by Crippen LogP contribution is 2.25. The summed E-state index contributed by atoms with van der Waals surface area (Å²) in [6, 6.07) is 10.6. The average Bonchev–Trinajstić information content (AvgIpc) is 2.87. The van der Waals surface area contributed by atoms with Crippen LogP contribution in [-0.4, -0.2) is 81.6 Å². The van der Waals surface area contributed by atoms with Crippen LogP contribution in [0.15, 0.2) is 36.7 Å². The summed E-state index contributed by atoms with van der Waals surface area (Å²) in [7, 11) is 1.86. The smallest absolute Gasteiger partial charge is 0.270 e. The molecule has 9 nitrogen and oxygen atoms in total. The molecule has 1 aromatic heterocycles. The monoisotopic (exact) mass is 480 g/mol. The number of fused-ring (bicyclic) bond motifs is 1. The van der Waals surface area contributed by atoms with Crippen molar-refractivity contribution in [1.29, 1.82) is 0 Å². The number of β-amino-alcohol motifs (C(OH)–C–C–N with tert-alkyl or cyclic N) is 1. The van der Waals surface area contributed by atoms with E-state index in [1.807, 2.05) is 18.0 Å². The first-order chi connectivity index (χ1) is 16.9. The molecule has 1 atom stereocenters. The number of anilines is 1. The van der Waals surface area contributed by atoms with Crippen molar-refractivity contribution in [3.05, 3.63) is 53.5 Å². The van der Waals surface area contributed by atoms with E-state index in [1.165, 1.54) is 17.5 Å². The van der Waals surface area contributed by atoms with Crippen molar-refractivity contribution < 1.29 is 14.7 Å². The summed E-state index contributed by atoms with van der Waals surface area (Å²) in [6.07, 6.45) is 5.43. The molecule has 9 heteroatoms. The number of amides is 2. The fourth-order valence-corrected chi connectivity index (χ4v) is 5.01. The average molecular weight is 481 g/mol. The fourth-order valence-electron chi connectivity index (χ4n) is 5.01. The molecule has 0 spiro atoms. The predicted molar refractivity (Wildman–Crippen MR) is 134 cm³/mol. The maximum Gasteiger partial charge on any atom is 0.270 e. The van der Waals surface area contributed by atoms with Gasteiger partial charge in [0.15, 0.2) is 0 Å². The number of nitrogens with one attached hydrogen (secondary N) is 2. The van der Waals surface area contributed by atoms with E-state index in [2.05, 4.69) is 43.7 Å². The van der Waals surface area contributed by atoms with Gasteiger partial charge in [0.25, 0.3) is 5.91 Å². The second kappa shape index (κ2) is 11.6. The Morgan fingerprint density at radius 3 is 2.66 bits per heavy atom. The van der Waals surface area contributed by atoms with Crippen LogP contribution >= 0.6 is 0 Å². The van der Waals surface area contributed by atoms with Crippen LogP contribution in [0, 0.1) is 0 Å². The molecule has 1 fully saturated rings. The van der Waals surface area contributed by atoms with E-state index in [0.717, 1.165) is 45.2 Å². The summed E-state index contributed by atoms with van der Waals surface area (Å²) in [6.45, 7) is 3.98. The largest absolute Gasteiger partial charge is 0.390 e. The number of aliphatic hydroxyl groups excluding tert-OH is 1. The van der Waals surface area contributed by atoms with Crippen molar-refractivity contribution in [2.75, 3.05) is 32.0 Å². The number of hydrogen-bond donors (Lipinski definition) is 3. The second-order valence-corrected chi connectivity index (χ2v) is 9.69. The van der Waals surface area contributed by atoms with Gasteiger partial charge in [0.05, 0.1) is 6.10 Å². The van der Waals surface area contributed by atoms with Gasteiger partial charge in [-0.3, -0.25) is 14.5 Å². The lowest BCUT2D eigenvalue weighted by Crippen LogP contribution is -2.42. The van der Waals surface area contributed by atoms with Crippen molar-refractivity contribution in [3.63, 3.8) is 0 Å². The molecule has 1 unspecified atom stereocenters. The van der Waals surface area contributed by atoms with Gasteiger partial charge in [-0.25, -0.2) is 9.97 Å². The molecule has 0 bridgehead atoms. The maximum atomic E-state index is 12.6. The van der Waals surface area contributed by atoms with E-state index < -0.39 is 6.10 Å². The van der Waals surface area contributed by atoms with E-state index in [4.69, 9.17) is 0 Å². The maximum absolute atomic E-state index is 12.6. The number of rotatable bonds is 8. The zero-order valence-electron chi connectivity index (χ0n) is 20.6. The summed E-state index contributed by atoms with van der Waals surface area (Å²) in [4.78, 5) is 36.6. The molecule has 1 aliphatic carbocycles. The van der Waals surface area contributed by atoms with E-state index in [9.17, 15) is 14.7 Å². The second-order valence-electron chi connectivity index (χ2n) is 9.69. The molecular formula is C26H36N6O3. The highest BCUT2D eigenvalue weighted by Gasteiger charge is 2.25. The molecule has 2 aromatic rings. The van der Waals surface area contributed by atoms with Crippen LogP contribution in [0.5, 0.6) is 0 Å². The first kappa shape index (κ1) is 25.1. The number of nitrogens with zero attached hydrogens (tertiary/aromatic N) is 4. The first-order valence-corrected chi connectivity index (χ1v) is 12.5. The molecule has 4 rings (SSSR count). The topological polar surface area (TPSA) is 111 Å². The minimum absolute atomic E-state index is 0.0965. The van der Waals surface area contributed by atoms with Crippen LogP contribution in [0.25, 0.3) is 0 Å². The summed E-state index contributed by atoms with van der Waals surface area (Å²) in [5.41, 5.74) is 2.94. The highest BCUT2D eigenvalue weighted by atomic mass is 16.3. The lowest BCUT2D eigenvalue weighted by atomic mass is 9.90. The van der Waals surface area contributed by atoms with E-state index >= 15 is 0 Å². The lowest BCUT2D eigenvalue weighted by molar-refractivity contribution is -0.130. The van der Waals surface area contributed by atoms with Crippen molar-refractivity contribution in [3.8, 4) is 0 Å². The van der Waals surface area contributed by atoms with Gasteiger partial charge >= 0.3 is 0 Å². The normalized spacial score (nSPS) is 21.0. The van der Waals surface area contributed by atoms with Crippen molar-refractivity contribution >= 4 is 17.6 Å².